The molecular formula is C21H24N6O5. The van der Waals surface area contributed by atoms with E-state index >= 15 is 0 Å². The number of fused-ring (bicyclic) bond motifs is 2. The molecular weight excluding hydrogens is 416 g/mol. The first kappa shape index (κ1) is 21.3. The van der Waals surface area contributed by atoms with Gasteiger partial charge in [-0.3, -0.25) is 9.59 Å². The molecule has 0 saturated carbocycles. The van der Waals surface area contributed by atoms with Crippen LogP contribution in [0.5, 0.6) is 11.5 Å². The maximum atomic E-state index is 12.5. The summed E-state index contributed by atoms with van der Waals surface area (Å²) in [6.07, 6.45) is 4.53. The third kappa shape index (κ3) is 4.71. The second-order valence-corrected chi connectivity index (χ2v) is 7.44. The lowest BCUT2D eigenvalue weighted by Gasteiger charge is -2.33. The third-order valence-corrected chi connectivity index (χ3v) is 5.48. The van der Waals surface area contributed by atoms with Gasteiger partial charge in [0.15, 0.2) is 23.0 Å². The van der Waals surface area contributed by atoms with Crippen molar-refractivity contribution in [1.82, 2.24) is 25.3 Å². The number of para-hydroxylation sites is 2. The molecule has 0 radical (unpaired) electrons. The Bertz CT molecular complexity index is 1070. The second-order valence-electron chi connectivity index (χ2n) is 7.44. The first-order chi connectivity index (χ1) is 15.7. The average molecular weight is 440 g/mol. The molecule has 0 aliphatic carbocycles. The molecule has 0 spiro atoms. The van der Waals surface area contributed by atoms with Gasteiger partial charge < -0.3 is 29.8 Å². The highest BCUT2D eigenvalue weighted by Gasteiger charge is 2.28. The SMILES string of the molecule is O=C(NCC1CCN(c2ncnc3nc[nH]c23)CC1)C1COc2ccccc2O1.O=CO. The Hall–Kier alpha value is -3.89. The van der Waals surface area contributed by atoms with Crippen LogP contribution < -0.4 is 19.7 Å². The van der Waals surface area contributed by atoms with Crippen LogP contribution in [0, 0.1) is 5.92 Å². The number of amides is 1. The number of hydrogen-bond acceptors (Lipinski definition) is 8. The van der Waals surface area contributed by atoms with Crippen LogP contribution in [-0.4, -0.2) is 69.8 Å². The molecule has 1 unspecified atom stereocenters. The minimum atomic E-state index is -0.611. The molecule has 3 aromatic rings. The van der Waals surface area contributed by atoms with Gasteiger partial charge >= 0.3 is 0 Å². The van der Waals surface area contributed by atoms with E-state index in [4.69, 9.17) is 19.4 Å². The molecule has 2 aliphatic heterocycles. The highest BCUT2D eigenvalue weighted by molar-refractivity contribution is 5.83. The van der Waals surface area contributed by atoms with Crippen molar-refractivity contribution >= 4 is 29.4 Å². The zero-order valence-electron chi connectivity index (χ0n) is 17.3. The Balaban J connectivity index is 0.000000775. The van der Waals surface area contributed by atoms with Crippen molar-refractivity contribution < 1.29 is 24.2 Å². The number of piperidine rings is 1. The molecule has 5 rings (SSSR count). The van der Waals surface area contributed by atoms with Crippen molar-refractivity contribution in [2.24, 2.45) is 5.92 Å². The molecule has 1 atom stereocenters. The molecule has 0 bridgehead atoms. The van der Waals surface area contributed by atoms with Crippen LogP contribution in [0.2, 0.25) is 0 Å². The van der Waals surface area contributed by atoms with Gasteiger partial charge in [-0.25, -0.2) is 15.0 Å². The summed E-state index contributed by atoms with van der Waals surface area (Å²) in [5.41, 5.74) is 1.55. The predicted octanol–water partition coefficient (Wildman–Crippen LogP) is 1.23. The van der Waals surface area contributed by atoms with Gasteiger partial charge in [0, 0.05) is 19.6 Å². The Morgan fingerprint density at radius 3 is 2.75 bits per heavy atom. The van der Waals surface area contributed by atoms with Gasteiger partial charge in [0.05, 0.1) is 6.33 Å². The summed E-state index contributed by atoms with van der Waals surface area (Å²) >= 11 is 0. The summed E-state index contributed by atoms with van der Waals surface area (Å²) in [5, 5.41) is 9.92. The molecule has 11 heteroatoms. The van der Waals surface area contributed by atoms with Gasteiger partial charge in [0.2, 0.25) is 6.10 Å². The number of benzene rings is 1. The normalized spacial score (nSPS) is 17.9. The van der Waals surface area contributed by atoms with E-state index in [0.29, 0.717) is 29.6 Å². The van der Waals surface area contributed by atoms with Crippen molar-refractivity contribution in [3.05, 3.63) is 36.9 Å². The number of carbonyl (C=O) groups excluding carboxylic acids is 1. The highest BCUT2D eigenvalue weighted by atomic mass is 16.6. The van der Waals surface area contributed by atoms with E-state index in [1.165, 1.54) is 0 Å². The van der Waals surface area contributed by atoms with Gasteiger partial charge in [0.1, 0.15) is 18.5 Å². The summed E-state index contributed by atoms with van der Waals surface area (Å²) < 4.78 is 11.4. The third-order valence-electron chi connectivity index (χ3n) is 5.48. The van der Waals surface area contributed by atoms with E-state index in [1.807, 2.05) is 24.3 Å². The summed E-state index contributed by atoms with van der Waals surface area (Å²) in [5.74, 6) is 2.48. The fourth-order valence-electron chi connectivity index (χ4n) is 3.85. The number of hydrogen-bond donors (Lipinski definition) is 3. The van der Waals surface area contributed by atoms with E-state index in [9.17, 15) is 4.79 Å². The van der Waals surface area contributed by atoms with E-state index in [2.05, 4.69) is 30.2 Å². The minimum Gasteiger partial charge on any atom is -0.485 e. The first-order valence-corrected chi connectivity index (χ1v) is 10.3. The molecule has 2 aliphatic rings. The molecule has 2 aromatic heterocycles. The Kier molecular flexibility index (Phi) is 6.63. The van der Waals surface area contributed by atoms with Crippen LogP contribution in [0.25, 0.3) is 11.2 Å². The maximum absolute atomic E-state index is 12.5. The molecule has 1 aromatic carbocycles. The van der Waals surface area contributed by atoms with Gasteiger partial charge in [-0.2, -0.15) is 0 Å². The summed E-state index contributed by atoms with van der Waals surface area (Å²) in [6.45, 7) is 2.37. The topological polar surface area (TPSA) is 143 Å². The van der Waals surface area contributed by atoms with Gasteiger partial charge in [-0.1, -0.05) is 12.1 Å². The molecule has 4 heterocycles. The van der Waals surface area contributed by atoms with E-state index in [1.54, 1.807) is 12.7 Å². The molecule has 1 amide bonds. The second kappa shape index (κ2) is 9.94. The largest absolute Gasteiger partial charge is 0.485 e. The van der Waals surface area contributed by atoms with Crippen molar-refractivity contribution in [2.75, 3.05) is 31.1 Å². The predicted molar refractivity (Wildman–Crippen MR) is 115 cm³/mol. The van der Waals surface area contributed by atoms with Crippen LogP contribution in [0.1, 0.15) is 12.8 Å². The quantitative estimate of drug-likeness (QED) is 0.510. The average Bonchev–Trinajstić information content (AvgIpc) is 3.32. The maximum Gasteiger partial charge on any atom is 0.290 e. The molecule has 168 valence electrons. The van der Waals surface area contributed by atoms with Crippen LogP contribution >= 0.6 is 0 Å². The van der Waals surface area contributed by atoms with Gasteiger partial charge in [-0.15, -0.1) is 0 Å². The summed E-state index contributed by atoms with van der Waals surface area (Å²) in [7, 11) is 0. The number of rotatable bonds is 4. The van der Waals surface area contributed by atoms with Crippen molar-refractivity contribution in [3.63, 3.8) is 0 Å². The van der Waals surface area contributed by atoms with E-state index in [0.717, 1.165) is 37.3 Å². The van der Waals surface area contributed by atoms with E-state index in [-0.39, 0.29) is 19.0 Å². The number of aromatic amines is 1. The highest BCUT2D eigenvalue weighted by Crippen LogP contribution is 2.31. The van der Waals surface area contributed by atoms with Crippen molar-refractivity contribution in [3.8, 4) is 11.5 Å². The number of nitrogens with zero attached hydrogens (tertiary/aromatic N) is 4. The number of carbonyl (C=O) groups is 2. The number of anilines is 1. The van der Waals surface area contributed by atoms with Crippen molar-refractivity contribution in [2.45, 2.75) is 18.9 Å². The molecule has 3 N–H and O–H groups in total. The fourth-order valence-corrected chi connectivity index (χ4v) is 3.85. The van der Waals surface area contributed by atoms with Crippen LogP contribution in [0.3, 0.4) is 0 Å². The Morgan fingerprint density at radius 2 is 1.97 bits per heavy atom. The number of nitrogens with one attached hydrogen (secondary N) is 2. The zero-order chi connectivity index (χ0) is 22.3. The van der Waals surface area contributed by atoms with Gasteiger partial charge in [0.25, 0.3) is 12.4 Å². The number of aromatic nitrogens is 4. The number of imidazole rings is 1. The lowest BCUT2D eigenvalue weighted by Crippen LogP contribution is -2.46. The number of carboxylic acid groups (broad SMARTS) is 1. The van der Waals surface area contributed by atoms with E-state index < -0.39 is 6.10 Å². The summed E-state index contributed by atoms with van der Waals surface area (Å²) in [6, 6.07) is 7.40. The standard InChI is InChI=1S/C20H22N6O3.CH2O2/c27-20(16-10-28-14-3-1-2-4-15(14)29-16)21-9-13-5-7-26(8-6-13)19-17-18(23-11-22-17)24-12-25-19;2-1-3/h1-4,11-13,16H,5-10H2,(H,21,27)(H,22,23,24,25);1H,(H,2,3). The Morgan fingerprint density at radius 1 is 1.22 bits per heavy atom. The number of ether oxygens (including phenoxy) is 2. The smallest absolute Gasteiger partial charge is 0.290 e. The number of H-pyrrole nitrogens is 1. The molecule has 1 saturated heterocycles. The summed E-state index contributed by atoms with van der Waals surface area (Å²) in [4.78, 5) is 39.0. The van der Waals surface area contributed by atoms with Gasteiger partial charge in [-0.05, 0) is 30.9 Å². The monoisotopic (exact) mass is 440 g/mol. The fraction of sp³-hybridized carbons (Fsp3) is 0.381. The minimum absolute atomic E-state index is 0.128. The molecule has 11 nitrogen and oxygen atoms in total. The lowest BCUT2D eigenvalue weighted by molar-refractivity contribution is -0.130. The molecule has 1 fully saturated rings. The van der Waals surface area contributed by atoms with Crippen molar-refractivity contribution in [1.29, 1.82) is 0 Å². The lowest BCUT2D eigenvalue weighted by atomic mass is 9.96. The first-order valence-electron chi connectivity index (χ1n) is 10.3. The van der Waals surface area contributed by atoms with Crippen LogP contribution in [-0.2, 0) is 9.59 Å². The Labute approximate surface area is 183 Å². The van der Waals surface area contributed by atoms with Crippen LogP contribution in [0.15, 0.2) is 36.9 Å². The van der Waals surface area contributed by atoms with Crippen LogP contribution in [0.4, 0.5) is 5.82 Å². The zero-order valence-corrected chi connectivity index (χ0v) is 17.3. The molecule has 32 heavy (non-hydrogen) atoms.